The highest BCUT2D eigenvalue weighted by Gasteiger charge is 2.34. The minimum Gasteiger partial charge on any atom is -0.343 e. The van der Waals surface area contributed by atoms with E-state index in [9.17, 15) is 35.9 Å². The molecule has 1 aromatic heterocycles. The van der Waals surface area contributed by atoms with Gasteiger partial charge in [-0.25, -0.2) is 4.68 Å². The fraction of sp³-hybridized carbons (Fsp3) is 0.158. The molecule has 0 unspecified atom stereocenters. The number of rotatable bonds is 5. The second kappa shape index (κ2) is 8.69. The number of hydrogen-bond acceptors (Lipinski definition) is 4. The highest BCUT2D eigenvalue weighted by Crippen LogP contribution is 2.33. The molecule has 0 aliphatic heterocycles. The van der Waals surface area contributed by atoms with Gasteiger partial charge < -0.3 is 10.6 Å². The van der Waals surface area contributed by atoms with E-state index in [1.165, 1.54) is 42.5 Å². The van der Waals surface area contributed by atoms with Crippen LogP contribution in [-0.4, -0.2) is 39.5 Å². The first-order valence-corrected chi connectivity index (χ1v) is 8.79. The monoisotopic (exact) mass is 457 g/mol. The lowest BCUT2D eigenvalue weighted by molar-refractivity contribution is -0.137. The summed E-state index contributed by atoms with van der Waals surface area (Å²) in [6, 6.07) is 9.54. The molecule has 0 saturated carbocycles. The van der Waals surface area contributed by atoms with Crippen molar-refractivity contribution >= 4 is 17.5 Å². The van der Waals surface area contributed by atoms with E-state index in [2.05, 4.69) is 15.6 Å². The van der Waals surface area contributed by atoms with E-state index in [4.69, 9.17) is 0 Å². The van der Waals surface area contributed by atoms with Crippen molar-refractivity contribution in [3.8, 4) is 5.69 Å². The Labute approximate surface area is 176 Å². The molecule has 0 aliphatic rings. The summed E-state index contributed by atoms with van der Waals surface area (Å²) in [6.45, 7) is -1.49. The van der Waals surface area contributed by atoms with E-state index in [1.807, 2.05) is 0 Å². The van der Waals surface area contributed by atoms with Crippen molar-refractivity contribution in [3.05, 3.63) is 71.5 Å². The Bertz CT molecular complexity index is 1120. The fourth-order valence-corrected chi connectivity index (χ4v) is 2.58. The number of amides is 2. The molecule has 0 atom stereocenters. The predicted octanol–water partition coefficient (Wildman–Crippen LogP) is 3.83. The Balaban J connectivity index is 1.69. The van der Waals surface area contributed by atoms with Gasteiger partial charge in [-0.3, -0.25) is 9.59 Å². The lowest BCUT2D eigenvalue weighted by atomic mass is 10.1. The van der Waals surface area contributed by atoms with Crippen LogP contribution in [0.2, 0.25) is 0 Å². The van der Waals surface area contributed by atoms with Crippen molar-refractivity contribution in [2.24, 2.45) is 0 Å². The number of nitrogens with zero attached hydrogens (tertiary/aromatic N) is 3. The third-order valence-electron chi connectivity index (χ3n) is 4.04. The average molecular weight is 457 g/mol. The molecule has 0 bridgehead atoms. The number of aromatic nitrogens is 3. The number of carbonyl (C=O) groups excluding carboxylic acids is 2. The first kappa shape index (κ1) is 22.8. The van der Waals surface area contributed by atoms with Crippen LogP contribution in [0.15, 0.2) is 54.7 Å². The van der Waals surface area contributed by atoms with E-state index in [-0.39, 0.29) is 22.6 Å². The predicted molar refractivity (Wildman–Crippen MR) is 99.1 cm³/mol. The van der Waals surface area contributed by atoms with Crippen molar-refractivity contribution in [2.75, 3.05) is 11.9 Å². The Kier molecular flexibility index (Phi) is 6.18. The highest BCUT2D eigenvalue weighted by molar-refractivity contribution is 6.03. The smallest absolute Gasteiger partial charge is 0.343 e. The maximum Gasteiger partial charge on any atom is 0.418 e. The normalized spacial score (nSPS) is 11.8. The third-order valence-corrected chi connectivity index (χ3v) is 4.04. The minimum atomic E-state index is -4.64. The summed E-state index contributed by atoms with van der Waals surface area (Å²) in [7, 11) is 0. The van der Waals surface area contributed by atoms with Crippen molar-refractivity contribution in [1.29, 1.82) is 0 Å². The number of benzene rings is 2. The van der Waals surface area contributed by atoms with Crippen LogP contribution in [-0.2, 0) is 6.18 Å². The molecule has 168 valence electrons. The van der Waals surface area contributed by atoms with Gasteiger partial charge in [-0.05, 0) is 36.4 Å². The Morgan fingerprint density at radius 3 is 2.19 bits per heavy atom. The molecule has 13 heteroatoms. The topological polar surface area (TPSA) is 88.9 Å². The maximum absolute atomic E-state index is 13.2. The van der Waals surface area contributed by atoms with Crippen LogP contribution >= 0.6 is 0 Å². The van der Waals surface area contributed by atoms with Crippen LogP contribution in [0.3, 0.4) is 0 Å². The van der Waals surface area contributed by atoms with E-state index in [1.54, 1.807) is 5.32 Å². The van der Waals surface area contributed by atoms with Gasteiger partial charge in [0.15, 0.2) is 5.69 Å². The van der Waals surface area contributed by atoms with Gasteiger partial charge in [0.05, 0.1) is 17.4 Å². The van der Waals surface area contributed by atoms with Gasteiger partial charge in [0.2, 0.25) is 0 Å². The molecule has 0 radical (unpaired) electrons. The van der Waals surface area contributed by atoms with E-state index < -0.39 is 36.3 Å². The number of anilines is 1. The number of alkyl halides is 6. The molecule has 0 saturated heterocycles. The van der Waals surface area contributed by atoms with Gasteiger partial charge in [0, 0.05) is 11.3 Å². The molecule has 0 spiro atoms. The number of halogens is 6. The first-order chi connectivity index (χ1) is 14.9. The molecule has 0 fully saturated rings. The number of hydrogen-bond donors (Lipinski definition) is 2. The average Bonchev–Trinajstić information content (AvgIpc) is 3.22. The summed E-state index contributed by atoms with van der Waals surface area (Å²) in [5.41, 5.74) is -1.46. The number of nitrogens with one attached hydrogen (secondary N) is 2. The molecule has 2 aromatic carbocycles. The van der Waals surface area contributed by atoms with Crippen LogP contribution < -0.4 is 10.6 Å². The van der Waals surface area contributed by atoms with E-state index in [0.717, 1.165) is 16.9 Å². The standard InChI is InChI=1S/C19H13F6N5O2/c20-18(21,22)10-26-16(31)11-5-7-12(8-6-11)27-17(32)14-9-30(29-28-14)15-4-2-1-3-13(15)19(23,24)25/h1-9H,10H2,(H,26,31)(H,27,32). The molecule has 2 amide bonds. The highest BCUT2D eigenvalue weighted by atomic mass is 19.4. The Hall–Kier alpha value is -3.90. The molecule has 0 aliphatic carbocycles. The van der Waals surface area contributed by atoms with E-state index in [0.29, 0.717) is 0 Å². The zero-order chi connectivity index (χ0) is 23.5. The quantitative estimate of drug-likeness (QED) is 0.570. The third kappa shape index (κ3) is 5.62. The van der Waals surface area contributed by atoms with Crippen LogP contribution in [0.1, 0.15) is 26.4 Å². The maximum atomic E-state index is 13.2. The van der Waals surface area contributed by atoms with Gasteiger partial charge >= 0.3 is 12.4 Å². The fourth-order valence-electron chi connectivity index (χ4n) is 2.58. The van der Waals surface area contributed by atoms with Crippen molar-refractivity contribution in [3.63, 3.8) is 0 Å². The molecule has 32 heavy (non-hydrogen) atoms. The molecular formula is C19H13F6N5O2. The minimum absolute atomic E-state index is 0.0676. The van der Waals surface area contributed by atoms with Crippen LogP contribution in [0, 0.1) is 0 Å². The van der Waals surface area contributed by atoms with Gasteiger partial charge in [-0.2, -0.15) is 26.3 Å². The summed E-state index contributed by atoms with van der Waals surface area (Å²) in [5.74, 6) is -1.75. The van der Waals surface area contributed by atoms with Crippen molar-refractivity contribution < 1.29 is 35.9 Å². The molecule has 7 nitrogen and oxygen atoms in total. The Morgan fingerprint density at radius 1 is 0.906 bits per heavy atom. The SMILES string of the molecule is O=C(NCC(F)(F)F)c1ccc(NC(=O)c2cn(-c3ccccc3C(F)(F)F)nn2)cc1. The summed E-state index contributed by atoms with van der Waals surface area (Å²) in [5, 5.41) is 11.2. The molecule has 3 aromatic rings. The van der Waals surface area contributed by atoms with Crippen LogP contribution in [0.5, 0.6) is 0 Å². The zero-order valence-electron chi connectivity index (χ0n) is 15.8. The molecule has 1 heterocycles. The summed E-state index contributed by atoms with van der Waals surface area (Å²) in [4.78, 5) is 24.0. The molecular weight excluding hydrogens is 444 g/mol. The van der Waals surface area contributed by atoms with Gasteiger partial charge in [-0.1, -0.05) is 17.3 Å². The van der Waals surface area contributed by atoms with Crippen molar-refractivity contribution in [1.82, 2.24) is 20.3 Å². The van der Waals surface area contributed by atoms with Crippen LogP contribution in [0.25, 0.3) is 5.69 Å². The van der Waals surface area contributed by atoms with Gasteiger partial charge in [0.1, 0.15) is 6.54 Å². The molecule has 2 N–H and O–H groups in total. The summed E-state index contributed by atoms with van der Waals surface area (Å²) in [6.07, 6.45) is -8.18. The number of carbonyl (C=O) groups is 2. The van der Waals surface area contributed by atoms with E-state index >= 15 is 0 Å². The second-order valence-corrected chi connectivity index (χ2v) is 6.39. The summed E-state index contributed by atoms with van der Waals surface area (Å²) >= 11 is 0. The second-order valence-electron chi connectivity index (χ2n) is 6.39. The van der Waals surface area contributed by atoms with Crippen molar-refractivity contribution in [2.45, 2.75) is 12.4 Å². The lowest BCUT2D eigenvalue weighted by Gasteiger charge is -2.11. The number of para-hydroxylation sites is 1. The largest absolute Gasteiger partial charge is 0.418 e. The lowest BCUT2D eigenvalue weighted by Crippen LogP contribution is -2.33. The van der Waals surface area contributed by atoms with Gasteiger partial charge in [0.25, 0.3) is 11.8 Å². The molecule has 3 rings (SSSR count). The van der Waals surface area contributed by atoms with Gasteiger partial charge in [-0.15, -0.1) is 5.10 Å². The first-order valence-electron chi connectivity index (χ1n) is 8.79. The Morgan fingerprint density at radius 2 is 1.56 bits per heavy atom. The summed E-state index contributed by atoms with van der Waals surface area (Å²) < 4.78 is 76.8. The van der Waals surface area contributed by atoms with Crippen LogP contribution in [0.4, 0.5) is 32.0 Å². The zero-order valence-corrected chi connectivity index (χ0v) is 15.8.